The zero-order valence-corrected chi connectivity index (χ0v) is 12.8. The van der Waals surface area contributed by atoms with Crippen LogP contribution in [0, 0.1) is 0 Å². The number of ether oxygens (including phenoxy) is 2. The maximum absolute atomic E-state index is 11.8. The van der Waals surface area contributed by atoms with Gasteiger partial charge in [-0.1, -0.05) is 25.1 Å². The van der Waals surface area contributed by atoms with Crippen molar-refractivity contribution in [3.05, 3.63) is 36.1 Å². The normalized spacial score (nSPS) is 12.1. The molecule has 0 amide bonds. The van der Waals surface area contributed by atoms with Crippen molar-refractivity contribution in [3.63, 3.8) is 0 Å². The van der Waals surface area contributed by atoms with E-state index in [1.54, 1.807) is 13.0 Å². The van der Waals surface area contributed by atoms with E-state index in [-0.39, 0.29) is 19.0 Å². The van der Waals surface area contributed by atoms with Gasteiger partial charge >= 0.3 is 11.9 Å². The molecule has 1 aromatic heterocycles. The second kappa shape index (κ2) is 7.64. The van der Waals surface area contributed by atoms with Crippen molar-refractivity contribution in [1.82, 2.24) is 0 Å². The molecule has 0 saturated carbocycles. The SMILES string of the molecule is CCCC(=O)O[C@H](CC(=O)OCC)c1cc2ccccc2o1. The van der Waals surface area contributed by atoms with Crippen LogP contribution < -0.4 is 0 Å². The Hall–Kier alpha value is -2.30. The number of para-hydroxylation sites is 1. The van der Waals surface area contributed by atoms with E-state index in [1.807, 2.05) is 31.2 Å². The van der Waals surface area contributed by atoms with Gasteiger partial charge in [0.2, 0.25) is 0 Å². The van der Waals surface area contributed by atoms with Gasteiger partial charge in [-0.25, -0.2) is 0 Å². The molecule has 1 aromatic carbocycles. The van der Waals surface area contributed by atoms with E-state index in [0.717, 1.165) is 5.39 Å². The maximum atomic E-state index is 11.8. The van der Waals surface area contributed by atoms with Crippen LogP contribution in [0.25, 0.3) is 11.0 Å². The van der Waals surface area contributed by atoms with Gasteiger partial charge in [0.1, 0.15) is 11.3 Å². The highest BCUT2D eigenvalue weighted by atomic mass is 16.6. The molecule has 2 rings (SSSR count). The van der Waals surface area contributed by atoms with Crippen molar-refractivity contribution in [1.29, 1.82) is 0 Å². The lowest BCUT2D eigenvalue weighted by atomic mass is 10.1. The summed E-state index contributed by atoms with van der Waals surface area (Å²) in [6.45, 7) is 3.91. The molecule has 0 radical (unpaired) electrons. The van der Waals surface area contributed by atoms with Gasteiger partial charge in [-0.3, -0.25) is 9.59 Å². The van der Waals surface area contributed by atoms with Gasteiger partial charge in [0.05, 0.1) is 13.0 Å². The first-order valence-corrected chi connectivity index (χ1v) is 7.47. The summed E-state index contributed by atoms with van der Waals surface area (Å²) < 4.78 is 16.0. The highest BCUT2D eigenvalue weighted by molar-refractivity contribution is 5.78. The Morgan fingerprint density at radius 2 is 1.95 bits per heavy atom. The molecule has 118 valence electrons. The van der Waals surface area contributed by atoms with Crippen LogP contribution in [0.15, 0.2) is 34.7 Å². The van der Waals surface area contributed by atoms with Gasteiger partial charge in [-0.15, -0.1) is 0 Å². The smallest absolute Gasteiger partial charge is 0.310 e. The third-order valence-corrected chi connectivity index (χ3v) is 3.15. The summed E-state index contributed by atoms with van der Waals surface area (Å²) in [5, 5.41) is 0.901. The molecule has 0 aliphatic rings. The maximum Gasteiger partial charge on any atom is 0.310 e. The Morgan fingerprint density at radius 1 is 1.18 bits per heavy atom. The van der Waals surface area contributed by atoms with E-state index in [2.05, 4.69) is 0 Å². The number of carbonyl (C=O) groups is 2. The Bertz CT molecular complexity index is 590. The highest BCUT2D eigenvalue weighted by Gasteiger charge is 2.24. The highest BCUT2D eigenvalue weighted by Crippen LogP contribution is 2.29. The van der Waals surface area contributed by atoms with Crippen LogP contribution in [0.5, 0.6) is 0 Å². The van der Waals surface area contributed by atoms with Crippen molar-refractivity contribution < 1.29 is 23.5 Å². The fourth-order valence-corrected chi connectivity index (χ4v) is 2.15. The molecule has 0 unspecified atom stereocenters. The summed E-state index contributed by atoms with van der Waals surface area (Å²) in [6.07, 6.45) is 0.179. The van der Waals surface area contributed by atoms with Gasteiger partial charge in [0.25, 0.3) is 0 Å². The quantitative estimate of drug-likeness (QED) is 0.728. The number of hydrogen-bond donors (Lipinski definition) is 0. The van der Waals surface area contributed by atoms with Crippen LogP contribution in [-0.2, 0) is 19.1 Å². The van der Waals surface area contributed by atoms with Crippen molar-refractivity contribution in [2.75, 3.05) is 6.61 Å². The summed E-state index contributed by atoms with van der Waals surface area (Å²) in [7, 11) is 0. The molecular weight excluding hydrogens is 284 g/mol. The standard InChI is InChI=1S/C17H20O5/c1-3-7-16(18)22-15(11-17(19)20-4-2)14-10-12-8-5-6-9-13(12)21-14/h5-6,8-10,15H,3-4,7,11H2,1-2H3/t15-/m1/s1. The van der Waals surface area contributed by atoms with E-state index >= 15 is 0 Å². The molecular formula is C17H20O5. The van der Waals surface area contributed by atoms with Gasteiger partial charge < -0.3 is 13.9 Å². The summed E-state index contributed by atoms with van der Waals surface area (Å²) in [5.74, 6) is -0.312. The second-order valence-corrected chi connectivity index (χ2v) is 4.92. The predicted octanol–water partition coefficient (Wildman–Crippen LogP) is 3.77. The van der Waals surface area contributed by atoms with Crippen LogP contribution in [0.3, 0.4) is 0 Å². The lowest BCUT2D eigenvalue weighted by molar-refractivity contribution is -0.156. The van der Waals surface area contributed by atoms with Crippen LogP contribution in [-0.4, -0.2) is 18.5 Å². The van der Waals surface area contributed by atoms with Crippen molar-refractivity contribution in [3.8, 4) is 0 Å². The third kappa shape index (κ3) is 4.10. The number of hydrogen-bond acceptors (Lipinski definition) is 5. The number of carbonyl (C=O) groups excluding carboxylic acids is 2. The lowest BCUT2D eigenvalue weighted by Gasteiger charge is -2.14. The fourth-order valence-electron chi connectivity index (χ4n) is 2.15. The van der Waals surface area contributed by atoms with Crippen molar-refractivity contribution >= 4 is 22.9 Å². The van der Waals surface area contributed by atoms with Crippen molar-refractivity contribution in [2.45, 2.75) is 39.2 Å². The monoisotopic (exact) mass is 304 g/mol. The van der Waals surface area contributed by atoms with Crippen molar-refractivity contribution in [2.24, 2.45) is 0 Å². The molecule has 0 spiro atoms. The number of esters is 2. The third-order valence-electron chi connectivity index (χ3n) is 3.15. The molecule has 2 aromatic rings. The molecule has 0 aliphatic heterocycles. The van der Waals surface area contributed by atoms with Crippen LogP contribution in [0.2, 0.25) is 0 Å². The first-order chi connectivity index (χ1) is 10.6. The zero-order valence-electron chi connectivity index (χ0n) is 12.8. The van der Waals surface area contributed by atoms with E-state index in [4.69, 9.17) is 13.9 Å². The van der Waals surface area contributed by atoms with E-state index in [9.17, 15) is 9.59 Å². The Kier molecular flexibility index (Phi) is 5.58. The minimum absolute atomic E-state index is 0.0525. The summed E-state index contributed by atoms with van der Waals surface area (Å²) in [6, 6.07) is 9.27. The molecule has 1 heterocycles. The molecule has 5 heteroatoms. The van der Waals surface area contributed by atoms with Crippen LogP contribution in [0.1, 0.15) is 45.0 Å². The molecule has 22 heavy (non-hydrogen) atoms. The average molecular weight is 304 g/mol. The molecule has 5 nitrogen and oxygen atoms in total. The number of benzene rings is 1. The predicted molar refractivity (Wildman–Crippen MR) is 81.2 cm³/mol. The fraction of sp³-hybridized carbons (Fsp3) is 0.412. The van der Waals surface area contributed by atoms with Crippen LogP contribution >= 0.6 is 0 Å². The minimum atomic E-state index is -0.759. The molecule has 0 aliphatic carbocycles. The number of fused-ring (bicyclic) bond motifs is 1. The van der Waals surface area contributed by atoms with Gasteiger partial charge in [-0.2, -0.15) is 0 Å². The Balaban J connectivity index is 2.21. The zero-order chi connectivity index (χ0) is 15.9. The molecule has 0 saturated heterocycles. The van der Waals surface area contributed by atoms with E-state index in [0.29, 0.717) is 24.2 Å². The Morgan fingerprint density at radius 3 is 2.64 bits per heavy atom. The molecule has 0 bridgehead atoms. The Labute approximate surface area is 129 Å². The molecule has 0 fully saturated rings. The van der Waals surface area contributed by atoms with Gasteiger partial charge in [0, 0.05) is 11.8 Å². The topological polar surface area (TPSA) is 65.7 Å². The number of furan rings is 1. The van der Waals surface area contributed by atoms with E-state index < -0.39 is 12.1 Å². The van der Waals surface area contributed by atoms with Crippen LogP contribution in [0.4, 0.5) is 0 Å². The number of rotatable bonds is 7. The summed E-state index contributed by atoms with van der Waals surface area (Å²) in [4.78, 5) is 23.5. The van der Waals surface area contributed by atoms with Gasteiger partial charge in [0.15, 0.2) is 6.10 Å². The minimum Gasteiger partial charge on any atom is -0.466 e. The second-order valence-electron chi connectivity index (χ2n) is 4.92. The lowest BCUT2D eigenvalue weighted by Crippen LogP contribution is -2.16. The average Bonchev–Trinajstić information content (AvgIpc) is 2.91. The summed E-state index contributed by atoms with van der Waals surface area (Å²) >= 11 is 0. The first kappa shape index (κ1) is 16.1. The molecule has 1 atom stereocenters. The molecule has 0 N–H and O–H groups in total. The van der Waals surface area contributed by atoms with Gasteiger partial charge in [-0.05, 0) is 25.5 Å². The largest absolute Gasteiger partial charge is 0.466 e. The van der Waals surface area contributed by atoms with E-state index in [1.165, 1.54) is 0 Å². The summed E-state index contributed by atoms with van der Waals surface area (Å²) in [5.41, 5.74) is 0.692. The first-order valence-electron chi connectivity index (χ1n) is 7.47.